The Morgan fingerprint density at radius 2 is 1.03 bits per heavy atom. The van der Waals surface area contributed by atoms with Gasteiger partial charge in [-0.2, -0.15) is 4.39 Å². The summed E-state index contributed by atoms with van der Waals surface area (Å²) in [5.74, 6) is 0.0221. The molecule has 3 heteroatoms. The first-order valence-corrected chi connectivity index (χ1v) is 12.7. The highest BCUT2D eigenvalue weighted by atomic mass is 19.1. The second-order valence-electron chi connectivity index (χ2n) is 9.33. The van der Waals surface area contributed by atoms with Crippen LogP contribution in [0.1, 0.15) is 0 Å². The van der Waals surface area contributed by atoms with Gasteiger partial charge in [-0.25, -0.2) is 4.98 Å². The highest BCUT2D eigenvalue weighted by molar-refractivity contribution is 6.24. The van der Waals surface area contributed by atoms with Gasteiger partial charge in [0.2, 0.25) is 5.95 Å². The lowest BCUT2D eigenvalue weighted by molar-refractivity contribution is 0.584. The average molecular weight is 491 g/mol. The number of hydrogen-bond donors (Lipinski definition) is 0. The van der Waals surface area contributed by atoms with E-state index in [9.17, 15) is 4.39 Å². The van der Waals surface area contributed by atoms with Crippen LogP contribution in [-0.2, 0) is 0 Å². The number of fused-ring (bicyclic) bond motifs is 3. The molecule has 180 valence electrons. The zero-order valence-corrected chi connectivity index (χ0v) is 20.6. The summed E-state index contributed by atoms with van der Waals surface area (Å²) in [6.07, 6.45) is 0. The van der Waals surface area contributed by atoms with Gasteiger partial charge in [-0.3, -0.25) is 4.90 Å². The van der Waals surface area contributed by atoms with Crippen molar-refractivity contribution in [1.29, 1.82) is 0 Å². The summed E-state index contributed by atoms with van der Waals surface area (Å²) in [5.41, 5.74) is 4.28. The first-order valence-electron chi connectivity index (χ1n) is 12.7. The predicted octanol–water partition coefficient (Wildman–Crippen LogP) is 9.82. The minimum absolute atomic E-state index is 0.510. The van der Waals surface area contributed by atoms with Gasteiger partial charge in [-0.05, 0) is 56.9 Å². The molecular formula is C35H23FN2. The van der Waals surface area contributed by atoms with Crippen LogP contribution >= 0.6 is 0 Å². The number of pyridine rings is 1. The summed E-state index contributed by atoms with van der Waals surface area (Å²) >= 11 is 0. The number of halogens is 1. The smallest absolute Gasteiger partial charge is 0.214 e. The molecule has 0 fully saturated rings. The topological polar surface area (TPSA) is 16.1 Å². The van der Waals surface area contributed by atoms with Gasteiger partial charge in [-0.1, -0.05) is 115 Å². The normalized spacial score (nSPS) is 11.3. The summed E-state index contributed by atoms with van der Waals surface area (Å²) in [5, 5.41) is 6.83. The minimum atomic E-state index is -0.510. The van der Waals surface area contributed by atoms with Crippen molar-refractivity contribution in [3.8, 4) is 11.1 Å². The van der Waals surface area contributed by atoms with Crippen LogP contribution in [0.25, 0.3) is 43.4 Å². The minimum Gasteiger partial charge on any atom is -0.294 e. The van der Waals surface area contributed by atoms with Crippen LogP contribution in [-0.4, -0.2) is 4.98 Å². The van der Waals surface area contributed by atoms with Crippen LogP contribution < -0.4 is 4.90 Å². The van der Waals surface area contributed by atoms with Gasteiger partial charge in [-0.15, -0.1) is 0 Å². The summed E-state index contributed by atoms with van der Waals surface area (Å²) in [4.78, 5) is 6.39. The van der Waals surface area contributed by atoms with Crippen molar-refractivity contribution in [2.24, 2.45) is 0 Å². The lowest BCUT2D eigenvalue weighted by Crippen LogP contribution is -2.13. The average Bonchev–Trinajstić information content (AvgIpc) is 2.97. The van der Waals surface area contributed by atoms with Gasteiger partial charge in [0.1, 0.15) is 5.82 Å². The van der Waals surface area contributed by atoms with E-state index in [2.05, 4.69) is 101 Å². The van der Waals surface area contributed by atoms with E-state index < -0.39 is 5.95 Å². The number of rotatable bonds is 4. The van der Waals surface area contributed by atoms with Crippen LogP contribution in [0.15, 0.2) is 140 Å². The van der Waals surface area contributed by atoms with Crippen molar-refractivity contribution < 1.29 is 4.39 Å². The molecule has 0 spiro atoms. The summed E-state index contributed by atoms with van der Waals surface area (Å²) in [6.45, 7) is 0. The second-order valence-corrected chi connectivity index (χ2v) is 9.33. The van der Waals surface area contributed by atoms with Gasteiger partial charge < -0.3 is 0 Å². The zero-order chi connectivity index (χ0) is 25.5. The lowest BCUT2D eigenvalue weighted by atomic mass is 9.88. The Balaban J connectivity index is 1.65. The first-order chi connectivity index (χ1) is 18.8. The van der Waals surface area contributed by atoms with E-state index in [1.807, 2.05) is 36.4 Å². The number of hydrogen-bond acceptors (Lipinski definition) is 2. The van der Waals surface area contributed by atoms with Gasteiger partial charge in [0.05, 0.1) is 5.69 Å². The molecule has 0 N–H and O–H groups in total. The molecule has 38 heavy (non-hydrogen) atoms. The Hall–Kier alpha value is -5.02. The first kappa shape index (κ1) is 22.2. The van der Waals surface area contributed by atoms with Crippen LogP contribution in [0.2, 0.25) is 0 Å². The van der Waals surface area contributed by atoms with Crippen molar-refractivity contribution in [2.45, 2.75) is 0 Å². The standard InChI is InChI=1S/C35H23FN2/c36-32-22-11-23-33(37-32)38(25-14-2-1-3-15-25)35-30-19-8-6-17-28(30)34(29-18-7-9-20-31(29)35)27-21-10-13-24-12-4-5-16-26(24)27/h1-23H. The predicted molar refractivity (Wildman–Crippen MR) is 157 cm³/mol. The van der Waals surface area contributed by atoms with Crippen LogP contribution in [0.5, 0.6) is 0 Å². The maximum Gasteiger partial charge on any atom is 0.214 e. The number of anilines is 3. The summed E-state index contributed by atoms with van der Waals surface area (Å²) in [7, 11) is 0. The maximum absolute atomic E-state index is 14.5. The van der Waals surface area contributed by atoms with E-state index >= 15 is 0 Å². The zero-order valence-electron chi connectivity index (χ0n) is 20.6. The van der Waals surface area contributed by atoms with Gasteiger partial charge >= 0.3 is 0 Å². The van der Waals surface area contributed by atoms with Crippen LogP contribution in [0.3, 0.4) is 0 Å². The summed E-state index contributed by atoms with van der Waals surface area (Å²) in [6, 6.07) is 47.0. The molecule has 1 heterocycles. The molecule has 0 aliphatic rings. The molecule has 0 atom stereocenters. The molecule has 7 rings (SSSR count). The maximum atomic E-state index is 14.5. The molecule has 0 saturated carbocycles. The third-order valence-electron chi connectivity index (χ3n) is 7.13. The van der Waals surface area contributed by atoms with E-state index in [0.29, 0.717) is 5.82 Å². The number of benzene rings is 6. The fourth-order valence-electron chi connectivity index (χ4n) is 5.55. The third-order valence-corrected chi connectivity index (χ3v) is 7.13. The fourth-order valence-corrected chi connectivity index (χ4v) is 5.55. The van der Waals surface area contributed by atoms with E-state index in [0.717, 1.165) is 32.9 Å². The molecule has 0 aliphatic carbocycles. The van der Waals surface area contributed by atoms with Gasteiger partial charge in [0, 0.05) is 16.5 Å². The largest absolute Gasteiger partial charge is 0.294 e. The molecule has 1 aromatic heterocycles. The van der Waals surface area contributed by atoms with Gasteiger partial charge in [0.25, 0.3) is 0 Å². The summed E-state index contributed by atoms with van der Waals surface area (Å²) < 4.78 is 14.5. The molecular weight excluding hydrogens is 467 g/mol. The van der Waals surface area contributed by atoms with Crippen LogP contribution in [0.4, 0.5) is 21.6 Å². The SMILES string of the molecule is Fc1cccc(N(c2ccccc2)c2c3ccccc3c(-c3cccc4ccccc34)c3ccccc23)n1. The highest BCUT2D eigenvalue weighted by Gasteiger charge is 2.23. The van der Waals surface area contributed by atoms with Crippen molar-refractivity contribution in [2.75, 3.05) is 4.90 Å². The number of para-hydroxylation sites is 1. The number of nitrogens with zero attached hydrogens (tertiary/aromatic N) is 2. The van der Waals surface area contributed by atoms with E-state index in [1.54, 1.807) is 6.07 Å². The lowest BCUT2D eigenvalue weighted by Gasteiger charge is -2.28. The molecule has 7 aromatic rings. The molecule has 0 bridgehead atoms. The highest BCUT2D eigenvalue weighted by Crippen LogP contribution is 2.48. The molecule has 0 unspecified atom stereocenters. The van der Waals surface area contributed by atoms with Gasteiger partial charge in [0.15, 0.2) is 0 Å². The monoisotopic (exact) mass is 490 g/mol. The van der Waals surface area contributed by atoms with Crippen molar-refractivity contribution in [1.82, 2.24) is 4.98 Å². The molecule has 0 radical (unpaired) electrons. The number of aromatic nitrogens is 1. The van der Waals surface area contributed by atoms with E-state index in [4.69, 9.17) is 0 Å². The Morgan fingerprint density at radius 3 is 1.71 bits per heavy atom. The molecule has 6 aromatic carbocycles. The third kappa shape index (κ3) is 3.60. The molecule has 2 nitrogen and oxygen atoms in total. The second kappa shape index (κ2) is 9.13. The quantitative estimate of drug-likeness (QED) is 0.180. The van der Waals surface area contributed by atoms with Crippen molar-refractivity contribution in [3.63, 3.8) is 0 Å². The fraction of sp³-hybridized carbons (Fsp3) is 0. The molecule has 0 aliphatic heterocycles. The Morgan fingerprint density at radius 1 is 0.474 bits per heavy atom. The molecule has 0 amide bonds. The Kier molecular flexibility index (Phi) is 5.33. The Labute approximate surface area is 220 Å². The van der Waals surface area contributed by atoms with Crippen molar-refractivity contribution in [3.05, 3.63) is 145 Å². The van der Waals surface area contributed by atoms with E-state index in [-0.39, 0.29) is 0 Å². The molecule has 0 saturated heterocycles. The Bertz CT molecular complexity index is 1880. The van der Waals surface area contributed by atoms with Crippen LogP contribution in [0, 0.1) is 5.95 Å². The van der Waals surface area contributed by atoms with E-state index in [1.165, 1.54) is 28.0 Å². The van der Waals surface area contributed by atoms with Crippen molar-refractivity contribution >= 4 is 49.5 Å².